The van der Waals surface area contributed by atoms with E-state index in [0.29, 0.717) is 24.5 Å². The van der Waals surface area contributed by atoms with Gasteiger partial charge >= 0.3 is 11.8 Å². The molecule has 1 atom stereocenters. The van der Waals surface area contributed by atoms with Crippen LogP contribution in [0.25, 0.3) is 0 Å². The van der Waals surface area contributed by atoms with Crippen LogP contribution in [0.15, 0.2) is 29.2 Å². The van der Waals surface area contributed by atoms with E-state index < -0.39 is 21.8 Å². The van der Waals surface area contributed by atoms with Crippen molar-refractivity contribution in [2.24, 2.45) is 0 Å². The molecule has 1 aromatic carbocycles. The lowest BCUT2D eigenvalue weighted by Gasteiger charge is -2.34. The largest absolute Gasteiger partial charge is 0.348 e. The summed E-state index contributed by atoms with van der Waals surface area (Å²) < 4.78 is 27.4. The van der Waals surface area contributed by atoms with Crippen molar-refractivity contribution in [1.82, 2.24) is 14.9 Å². The zero-order chi connectivity index (χ0) is 19.9. The molecule has 7 nitrogen and oxygen atoms in total. The Balaban J connectivity index is 1.97. The van der Waals surface area contributed by atoms with Gasteiger partial charge in [0, 0.05) is 30.7 Å². The molecule has 2 N–H and O–H groups in total. The van der Waals surface area contributed by atoms with Crippen LogP contribution in [0.2, 0.25) is 5.02 Å². The van der Waals surface area contributed by atoms with E-state index in [4.69, 9.17) is 11.6 Å². The molecule has 0 aromatic heterocycles. The summed E-state index contributed by atoms with van der Waals surface area (Å²) in [6.45, 7) is 3.04. The van der Waals surface area contributed by atoms with Crippen LogP contribution in [0.1, 0.15) is 39.0 Å². The molecule has 2 amide bonds. The van der Waals surface area contributed by atoms with E-state index in [0.717, 1.165) is 25.7 Å². The van der Waals surface area contributed by atoms with Gasteiger partial charge in [0.05, 0.1) is 4.90 Å². The first-order valence-corrected chi connectivity index (χ1v) is 11.0. The van der Waals surface area contributed by atoms with E-state index in [1.165, 1.54) is 16.4 Å². The summed E-state index contributed by atoms with van der Waals surface area (Å²) in [4.78, 5) is 23.5. The molecule has 2 rings (SSSR count). The molecule has 1 saturated heterocycles. The maximum Gasteiger partial charge on any atom is 0.309 e. The molecule has 1 aliphatic rings. The second-order valence-corrected chi connectivity index (χ2v) is 8.85. The Hall–Kier alpha value is -1.64. The molecular weight excluding hydrogens is 390 g/mol. The SMILES string of the molecule is CCCNC(=O)C(=O)NCC[C@H]1CCCCN1S(=O)(=O)c1ccc(Cl)cc1. The highest BCUT2D eigenvalue weighted by Gasteiger charge is 2.33. The Morgan fingerprint density at radius 1 is 1.11 bits per heavy atom. The maximum absolute atomic E-state index is 13.0. The van der Waals surface area contributed by atoms with Crippen molar-refractivity contribution in [3.63, 3.8) is 0 Å². The molecule has 0 radical (unpaired) electrons. The number of sulfonamides is 1. The Labute approximate surface area is 165 Å². The van der Waals surface area contributed by atoms with Gasteiger partial charge in [0.1, 0.15) is 0 Å². The molecule has 9 heteroatoms. The fourth-order valence-corrected chi connectivity index (χ4v) is 4.92. The van der Waals surface area contributed by atoms with Crippen molar-refractivity contribution < 1.29 is 18.0 Å². The molecule has 1 fully saturated rings. The molecule has 1 aromatic rings. The molecule has 0 saturated carbocycles. The third-order valence-corrected chi connectivity index (χ3v) is 6.72. The lowest BCUT2D eigenvalue weighted by atomic mass is 10.0. The number of piperidine rings is 1. The van der Waals surface area contributed by atoms with Gasteiger partial charge in [0.15, 0.2) is 0 Å². The number of hydrogen-bond acceptors (Lipinski definition) is 4. The lowest BCUT2D eigenvalue weighted by molar-refractivity contribution is -0.139. The first kappa shape index (κ1) is 21.7. The van der Waals surface area contributed by atoms with Crippen LogP contribution in [0.3, 0.4) is 0 Å². The predicted molar refractivity (Wildman–Crippen MR) is 104 cm³/mol. The van der Waals surface area contributed by atoms with Crippen LogP contribution in [0, 0.1) is 0 Å². The number of carbonyl (C=O) groups is 2. The van der Waals surface area contributed by atoms with Gasteiger partial charge in [-0.05, 0) is 49.9 Å². The van der Waals surface area contributed by atoms with E-state index in [1.807, 2.05) is 6.92 Å². The monoisotopic (exact) mass is 415 g/mol. The van der Waals surface area contributed by atoms with Crippen molar-refractivity contribution in [1.29, 1.82) is 0 Å². The van der Waals surface area contributed by atoms with Gasteiger partial charge in [-0.15, -0.1) is 0 Å². The summed E-state index contributed by atoms with van der Waals surface area (Å²) in [7, 11) is -3.62. The third-order valence-electron chi connectivity index (χ3n) is 4.50. The normalized spacial score (nSPS) is 18.1. The number of nitrogens with one attached hydrogen (secondary N) is 2. The first-order chi connectivity index (χ1) is 12.9. The van der Waals surface area contributed by atoms with E-state index >= 15 is 0 Å². The van der Waals surface area contributed by atoms with Gasteiger partial charge in [-0.3, -0.25) is 9.59 Å². The fourth-order valence-electron chi connectivity index (χ4n) is 3.07. The van der Waals surface area contributed by atoms with Crippen molar-refractivity contribution in [3.05, 3.63) is 29.3 Å². The highest BCUT2D eigenvalue weighted by atomic mass is 35.5. The van der Waals surface area contributed by atoms with Crippen molar-refractivity contribution in [2.75, 3.05) is 19.6 Å². The zero-order valence-electron chi connectivity index (χ0n) is 15.4. The molecule has 1 aliphatic heterocycles. The summed E-state index contributed by atoms with van der Waals surface area (Å²) in [5, 5.41) is 5.56. The van der Waals surface area contributed by atoms with Crippen LogP contribution in [-0.2, 0) is 19.6 Å². The number of nitrogens with zero attached hydrogens (tertiary/aromatic N) is 1. The second kappa shape index (κ2) is 10.1. The molecular formula is C18H26ClN3O4S. The molecule has 0 unspecified atom stereocenters. The van der Waals surface area contributed by atoms with E-state index in [-0.39, 0.29) is 17.5 Å². The molecule has 0 aliphatic carbocycles. The number of carbonyl (C=O) groups excluding carboxylic acids is 2. The van der Waals surface area contributed by atoms with Crippen molar-refractivity contribution in [3.8, 4) is 0 Å². The molecule has 1 heterocycles. The minimum absolute atomic E-state index is 0.210. The number of hydrogen-bond donors (Lipinski definition) is 2. The average molecular weight is 416 g/mol. The number of halogens is 1. The zero-order valence-corrected chi connectivity index (χ0v) is 17.0. The number of amides is 2. The van der Waals surface area contributed by atoms with Crippen LogP contribution in [0.5, 0.6) is 0 Å². The Morgan fingerprint density at radius 2 is 1.74 bits per heavy atom. The summed E-state index contributed by atoms with van der Waals surface area (Å²) in [6, 6.07) is 5.91. The van der Waals surface area contributed by atoms with Gasteiger partial charge < -0.3 is 10.6 Å². The van der Waals surface area contributed by atoms with Gasteiger partial charge in [-0.1, -0.05) is 24.9 Å². The summed E-state index contributed by atoms with van der Waals surface area (Å²) in [5.41, 5.74) is 0. The average Bonchev–Trinajstić information content (AvgIpc) is 2.66. The second-order valence-electron chi connectivity index (χ2n) is 6.52. The van der Waals surface area contributed by atoms with Crippen molar-refractivity contribution in [2.45, 2.75) is 50.0 Å². The lowest BCUT2D eigenvalue weighted by Crippen LogP contribution is -2.46. The summed E-state index contributed by atoms with van der Waals surface area (Å²) in [6.07, 6.45) is 3.67. The number of rotatable bonds is 7. The molecule has 0 bridgehead atoms. The summed E-state index contributed by atoms with van der Waals surface area (Å²) >= 11 is 5.85. The molecule has 150 valence electrons. The predicted octanol–water partition coefficient (Wildman–Crippen LogP) is 1.92. The van der Waals surface area contributed by atoms with E-state index in [2.05, 4.69) is 10.6 Å². The Morgan fingerprint density at radius 3 is 2.37 bits per heavy atom. The molecule has 0 spiro atoms. The van der Waals surface area contributed by atoms with Gasteiger partial charge in [0.2, 0.25) is 10.0 Å². The first-order valence-electron chi connectivity index (χ1n) is 9.19. The summed E-state index contributed by atoms with van der Waals surface area (Å²) in [5.74, 6) is -1.35. The van der Waals surface area contributed by atoms with Gasteiger partial charge in [0.25, 0.3) is 0 Å². The standard InChI is InChI=1S/C18H26ClN3O4S/c1-2-11-20-17(23)18(24)21-12-10-15-5-3-4-13-22(15)27(25,26)16-8-6-14(19)7-9-16/h6-9,15H,2-5,10-13H2,1H3,(H,20,23)(H,21,24)/t15-/m1/s1. The Kier molecular flexibility index (Phi) is 8.07. The van der Waals surface area contributed by atoms with Gasteiger partial charge in [-0.2, -0.15) is 4.31 Å². The quantitative estimate of drug-likeness (QED) is 0.665. The van der Waals surface area contributed by atoms with Crippen LogP contribution in [-0.4, -0.2) is 50.2 Å². The minimum atomic E-state index is -3.62. The smallest absolute Gasteiger partial charge is 0.309 e. The van der Waals surface area contributed by atoms with Gasteiger partial charge in [-0.25, -0.2) is 8.42 Å². The van der Waals surface area contributed by atoms with Crippen LogP contribution >= 0.6 is 11.6 Å². The minimum Gasteiger partial charge on any atom is -0.348 e. The van der Waals surface area contributed by atoms with Crippen molar-refractivity contribution >= 4 is 33.4 Å². The molecule has 27 heavy (non-hydrogen) atoms. The van der Waals surface area contributed by atoms with E-state index in [1.54, 1.807) is 12.1 Å². The third kappa shape index (κ3) is 5.92. The highest BCUT2D eigenvalue weighted by molar-refractivity contribution is 7.89. The topological polar surface area (TPSA) is 95.6 Å². The van der Waals surface area contributed by atoms with Crippen LogP contribution < -0.4 is 10.6 Å². The Bertz CT molecular complexity index is 752. The maximum atomic E-state index is 13.0. The van der Waals surface area contributed by atoms with Crippen LogP contribution in [0.4, 0.5) is 0 Å². The fraction of sp³-hybridized carbons (Fsp3) is 0.556. The highest BCUT2D eigenvalue weighted by Crippen LogP contribution is 2.27. The van der Waals surface area contributed by atoms with E-state index in [9.17, 15) is 18.0 Å². The number of benzene rings is 1.